The number of hydrogen-bond acceptors (Lipinski definition) is 3. The predicted molar refractivity (Wildman–Crippen MR) is 63.1 cm³/mol. The first-order valence-electron chi connectivity index (χ1n) is 5.27. The van der Waals surface area contributed by atoms with E-state index in [9.17, 15) is 4.79 Å². The van der Waals surface area contributed by atoms with Gasteiger partial charge < -0.3 is 9.52 Å². The third-order valence-electron chi connectivity index (χ3n) is 2.71. The Labute approximate surface area is 98.9 Å². The molecular weight excluding hydrogens is 218 g/mol. The second kappa shape index (κ2) is 4.05. The fourth-order valence-corrected chi connectivity index (χ4v) is 1.65. The van der Waals surface area contributed by atoms with Crippen molar-refractivity contribution in [1.29, 1.82) is 0 Å². The maximum atomic E-state index is 11.0. The van der Waals surface area contributed by atoms with Crippen molar-refractivity contribution in [3.8, 4) is 11.3 Å². The Morgan fingerprint density at radius 1 is 1.24 bits per heavy atom. The summed E-state index contributed by atoms with van der Waals surface area (Å²) in [4.78, 5) is 14.9. The lowest BCUT2D eigenvalue weighted by Crippen LogP contribution is -1.99. The summed E-state index contributed by atoms with van der Waals surface area (Å²) < 4.78 is 5.36. The van der Waals surface area contributed by atoms with Crippen LogP contribution in [0.15, 0.2) is 22.6 Å². The molecule has 0 aliphatic rings. The maximum absolute atomic E-state index is 11.0. The van der Waals surface area contributed by atoms with Crippen LogP contribution < -0.4 is 0 Å². The topological polar surface area (TPSA) is 63.3 Å². The number of rotatable bonds is 2. The van der Waals surface area contributed by atoms with Crippen molar-refractivity contribution in [1.82, 2.24) is 4.98 Å². The molecule has 0 unspecified atom stereocenters. The van der Waals surface area contributed by atoms with E-state index >= 15 is 0 Å². The normalized spacial score (nSPS) is 10.5. The van der Waals surface area contributed by atoms with Crippen LogP contribution >= 0.6 is 0 Å². The van der Waals surface area contributed by atoms with Crippen LogP contribution in [0, 0.1) is 20.8 Å². The number of aromatic carboxylic acids is 1. The molecule has 1 aromatic heterocycles. The van der Waals surface area contributed by atoms with Crippen molar-refractivity contribution in [3.05, 3.63) is 40.9 Å². The van der Waals surface area contributed by atoms with Crippen molar-refractivity contribution in [3.63, 3.8) is 0 Å². The summed E-state index contributed by atoms with van der Waals surface area (Å²) in [6.07, 6.45) is 0. The molecule has 0 aliphatic carbocycles. The Hall–Kier alpha value is -2.10. The minimum atomic E-state index is -1.07. The van der Waals surface area contributed by atoms with Gasteiger partial charge in [-0.1, -0.05) is 12.1 Å². The smallest absolute Gasteiger partial charge is 0.358 e. The molecular formula is C13H13NO3. The van der Waals surface area contributed by atoms with Crippen LogP contribution in [0.5, 0.6) is 0 Å². The Kier molecular flexibility index (Phi) is 2.71. The number of carboxylic acid groups (broad SMARTS) is 1. The van der Waals surface area contributed by atoms with Gasteiger partial charge in [0.25, 0.3) is 0 Å². The molecule has 1 aromatic carbocycles. The lowest BCUT2D eigenvalue weighted by atomic mass is 10.0. The predicted octanol–water partition coefficient (Wildman–Crippen LogP) is 2.97. The van der Waals surface area contributed by atoms with Gasteiger partial charge in [0.15, 0.2) is 17.3 Å². The average Bonchev–Trinajstić information content (AvgIpc) is 2.64. The summed E-state index contributed by atoms with van der Waals surface area (Å²) in [5.74, 6) is -0.399. The molecule has 0 atom stereocenters. The molecule has 4 heteroatoms. The third kappa shape index (κ3) is 2.06. The van der Waals surface area contributed by atoms with Crippen LogP contribution in [0.1, 0.15) is 27.5 Å². The van der Waals surface area contributed by atoms with Gasteiger partial charge in [-0.3, -0.25) is 0 Å². The zero-order chi connectivity index (χ0) is 12.6. The molecule has 0 spiro atoms. The van der Waals surface area contributed by atoms with E-state index in [4.69, 9.17) is 9.52 Å². The number of benzene rings is 1. The van der Waals surface area contributed by atoms with E-state index in [0.717, 1.165) is 16.7 Å². The van der Waals surface area contributed by atoms with Crippen LogP contribution in [-0.4, -0.2) is 16.1 Å². The number of hydrogen-bond donors (Lipinski definition) is 1. The number of nitrogens with zero attached hydrogens (tertiary/aromatic N) is 1. The van der Waals surface area contributed by atoms with E-state index in [2.05, 4.69) is 4.98 Å². The van der Waals surface area contributed by atoms with Gasteiger partial charge >= 0.3 is 5.97 Å². The minimum Gasteiger partial charge on any atom is -0.476 e. The standard InChI is InChI=1S/C13H13NO3/c1-7-4-5-10(6-8(7)2)12-11(13(15)16)14-9(3)17-12/h4-6H,1-3H3,(H,15,16). The van der Waals surface area contributed by atoms with Gasteiger partial charge in [-0.2, -0.15) is 0 Å². The average molecular weight is 231 g/mol. The van der Waals surface area contributed by atoms with Gasteiger partial charge in [0.2, 0.25) is 0 Å². The molecule has 0 fully saturated rings. The van der Waals surface area contributed by atoms with Gasteiger partial charge in [0.05, 0.1) is 0 Å². The molecule has 0 saturated carbocycles. The summed E-state index contributed by atoms with van der Waals surface area (Å²) in [6, 6.07) is 5.69. The Morgan fingerprint density at radius 2 is 1.94 bits per heavy atom. The van der Waals surface area contributed by atoms with Gasteiger partial charge in [-0.25, -0.2) is 9.78 Å². The Balaban J connectivity index is 2.59. The molecule has 0 bridgehead atoms. The highest BCUT2D eigenvalue weighted by Crippen LogP contribution is 2.26. The number of carbonyl (C=O) groups is 1. The van der Waals surface area contributed by atoms with E-state index in [0.29, 0.717) is 11.7 Å². The fraction of sp³-hybridized carbons (Fsp3) is 0.231. The quantitative estimate of drug-likeness (QED) is 0.863. The van der Waals surface area contributed by atoms with Crippen LogP contribution in [0.2, 0.25) is 0 Å². The highest BCUT2D eigenvalue weighted by molar-refractivity contribution is 5.92. The highest BCUT2D eigenvalue weighted by atomic mass is 16.4. The second-order valence-electron chi connectivity index (χ2n) is 4.01. The van der Waals surface area contributed by atoms with E-state index in [-0.39, 0.29) is 5.69 Å². The van der Waals surface area contributed by atoms with Crippen LogP contribution in [0.25, 0.3) is 11.3 Å². The van der Waals surface area contributed by atoms with Crippen molar-refractivity contribution in [2.24, 2.45) is 0 Å². The van der Waals surface area contributed by atoms with Gasteiger partial charge in [-0.15, -0.1) is 0 Å². The number of aromatic nitrogens is 1. The SMILES string of the molecule is Cc1nc(C(=O)O)c(-c2ccc(C)c(C)c2)o1. The summed E-state index contributed by atoms with van der Waals surface area (Å²) in [5, 5.41) is 9.04. The monoisotopic (exact) mass is 231 g/mol. The van der Waals surface area contributed by atoms with Gasteiger partial charge in [-0.05, 0) is 31.0 Å². The summed E-state index contributed by atoms with van der Waals surface area (Å²) >= 11 is 0. The van der Waals surface area contributed by atoms with Gasteiger partial charge in [0.1, 0.15) is 0 Å². The lowest BCUT2D eigenvalue weighted by Gasteiger charge is -2.03. The largest absolute Gasteiger partial charge is 0.476 e. The molecule has 0 saturated heterocycles. The molecule has 88 valence electrons. The Bertz CT molecular complexity index is 584. The molecule has 0 aliphatic heterocycles. The number of carboxylic acids is 1. The first kappa shape index (κ1) is 11.4. The van der Waals surface area contributed by atoms with Crippen LogP contribution in [-0.2, 0) is 0 Å². The third-order valence-corrected chi connectivity index (χ3v) is 2.71. The number of oxazole rings is 1. The maximum Gasteiger partial charge on any atom is 0.358 e. The molecule has 0 amide bonds. The molecule has 4 nitrogen and oxygen atoms in total. The van der Waals surface area contributed by atoms with Crippen LogP contribution in [0.3, 0.4) is 0 Å². The Morgan fingerprint density at radius 3 is 2.53 bits per heavy atom. The van der Waals surface area contributed by atoms with Crippen LogP contribution in [0.4, 0.5) is 0 Å². The van der Waals surface area contributed by atoms with Crippen molar-refractivity contribution in [2.75, 3.05) is 0 Å². The molecule has 0 radical (unpaired) electrons. The van der Waals surface area contributed by atoms with E-state index in [1.165, 1.54) is 0 Å². The highest BCUT2D eigenvalue weighted by Gasteiger charge is 2.19. The fourth-order valence-electron chi connectivity index (χ4n) is 1.65. The molecule has 17 heavy (non-hydrogen) atoms. The molecule has 2 rings (SSSR count). The van der Waals surface area contributed by atoms with Crippen molar-refractivity contribution in [2.45, 2.75) is 20.8 Å². The summed E-state index contributed by atoms with van der Waals surface area (Å²) in [6.45, 7) is 5.61. The lowest BCUT2D eigenvalue weighted by molar-refractivity contribution is 0.0691. The first-order chi connectivity index (χ1) is 7.99. The molecule has 1 N–H and O–H groups in total. The van der Waals surface area contributed by atoms with Gasteiger partial charge in [0, 0.05) is 12.5 Å². The van der Waals surface area contributed by atoms with E-state index in [1.807, 2.05) is 32.0 Å². The van der Waals surface area contributed by atoms with E-state index < -0.39 is 5.97 Å². The zero-order valence-electron chi connectivity index (χ0n) is 9.94. The summed E-state index contributed by atoms with van der Waals surface area (Å²) in [7, 11) is 0. The summed E-state index contributed by atoms with van der Waals surface area (Å²) in [5.41, 5.74) is 2.95. The van der Waals surface area contributed by atoms with Crippen molar-refractivity contribution < 1.29 is 14.3 Å². The number of aryl methyl sites for hydroxylation is 3. The molecule has 2 aromatic rings. The van der Waals surface area contributed by atoms with Crippen molar-refractivity contribution >= 4 is 5.97 Å². The minimum absolute atomic E-state index is 0.0363. The zero-order valence-corrected chi connectivity index (χ0v) is 9.94. The van der Waals surface area contributed by atoms with E-state index in [1.54, 1.807) is 6.92 Å². The molecule has 1 heterocycles. The second-order valence-corrected chi connectivity index (χ2v) is 4.01. The first-order valence-corrected chi connectivity index (χ1v) is 5.27.